The molecule has 2 N–H and O–H groups in total. The van der Waals surface area contributed by atoms with Crippen molar-refractivity contribution in [2.24, 2.45) is 0 Å². The number of sulfonamides is 1. The van der Waals surface area contributed by atoms with Gasteiger partial charge in [0.2, 0.25) is 10.0 Å². The molecule has 8 nitrogen and oxygen atoms in total. The molecule has 172 valence electrons. The van der Waals surface area contributed by atoms with E-state index in [0.29, 0.717) is 56.1 Å². The Hall–Kier alpha value is -2.75. The summed E-state index contributed by atoms with van der Waals surface area (Å²) in [7, 11) is -3.16. The van der Waals surface area contributed by atoms with Crippen molar-refractivity contribution in [1.29, 1.82) is 0 Å². The third-order valence-corrected chi connectivity index (χ3v) is 6.65. The molecular formula is C23H30N4O4S. The number of amides is 2. The highest BCUT2D eigenvalue weighted by Crippen LogP contribution is 2.18. The largest absolute Gasteiger partial charge is 0.352 e. The highest BCUT2D eigenvalue weighted by molar-refractivity contribution is 7.88. The number of piperazine rings is 1. The average Bonchev–Trinajstić information content (AvgIpc) is 2.78. The molecule has 32 heavy (non-hydrogen) atoms. The Morgan fingerprint density at radius 3 is 2.38 bits per heavy atom. The smallest absolute Gasteiger partial charge is 0.255 e. The Kier molecular flexibility index (Phi) is 8.00. The number of nitrogens with one attached hydrogen (secondary N) is 2. The molecule has 1 heterocycles. The van der Waals surface area contributed by atoms with Crippen LogP contribution in [0.3, 0.4) is 0 Å². The predicted octanol–water partition coefficient (Wildman–Crippen LogP) is 2.16. The van der Waals surface area contributed by atoms with Gasteiger partial charge < -0.3 is 10.6 Å². The van der Waals surface area contributed by atoms with E-state index in [-0.39, 0.29) is 11.8 Å². The Bertz CT molecular complexity index is 1060. The van der Waals surface area contributed by atoms with Gasteiger partial charge in [-0.05, 0) is 36.2 Å². The van der Waals surface area contributed by atoms with Crippen LogP contribution in [0.1, 0.15) is 39.6 Å². The first-order valence-electron chi connectivity index (χ1n) is 10.7. The number of anilines is 1. The zero-order valence-electron chi connectivity index (χ0n) is 18.5. The third kappa shape index (κ3) is 6.38. The van der Waals surface area contributed by atoms with Gasteiger partial charge >= 0.3 is 0 Å². The summed E-state index contributed by atoms with van der Waals surface area (Å²) in [6, 6.07) is 14.3. The number of nitrogens with zero attached hydrogens (tertiary/aromatic N) is 2. The fraction of sp³-hybridized carbons (Fsp3) is 0.391. The van der Waals surface area contributed by atoms with Gasteiger partial charge in [-0.15, -0.1) is 0 Å². The summed E-state index contributed by atoms with van der Waals surface area (Å²) >= 11 is 0. The molecule has 1 aliphatic rings. The van der Waals surface area contributed by atoms with E-state index < -0.39 is 10.0 Å². The van der Waals surface area contributed by atoms with E-state index >= 15 is 0 Å². The molecule has 0 aromatic heterocycles. The van der Waals surface area contributed by atoms with E-state index in [2.05, 4.69) is 15.5 Å². The van der Waals surface area contributed by atoms with Crippen molar-refractivity contribution in [3.8, 4) is 0 Å². The van der Waals surface area contributed by atoms with Crippen molar-refractivity contribution >= 4 is 27.5 Å². The van der Waals surface area contributed by atoms with Gasteiger partial charge in [0.15, 0.2) is 0 Å². The molecular weight excluding hydrogens is 428 g/mol. The molecule has 1 saturated heterocycles. The van der Waals surface area contributed by atoms with Crippen LogP contribution >= 0.6 is 0 Å². The predicted molar refractivity (Wildman–Crippen MR) is 125 cm³/mol. The minimum atomic E-state index is -3.16. The lowest BCUT2D eigenvalue weighted by atomic mass is 10.1. The first-order chi connectivity index (χ1) is 15.3. The van der Waals surface area contributed by atoms with Gasteiger partial charge in [0.25, 0.3) is 11.8 Å². The lowest BCUT2D eigenvalue weighted by Gasteiger charge is -2.33. The van der Waals surface area contributed by atoms with E-state index in [1.165, 1.54) is 10.6 Å². The van der Waals surface area contributed by atoms with Crippen LogP contribution in [0.5, 0.6) is 0 Å². The van der Waals surface area contributed by atoms with Gasteiger partial charge in [0.1, 0.15) is 0 Å². The average molecular weight is 459 g/mol. The second-order valence-corrected chi connectivity index (χ2v) is 9.88. The highest BCUT2D eigenvalue weighted by atomic mass is 32.2. The van der Waals surface area contributed by atoms with Crippen LogP contribution in [0.4, 0.5) is 5.69 Å². The molecule has 2 amide bonds. The summed E-state index contributed by atoms with van der Waals surface area (Å²) in [6.45, 7) is 5.40. The summed E-state index contributed by atoms with van der Waals surface area (Å²) in [5.74, 6) is -0.505. The van der Waals surface area contributed by atoms with Crippen molar-refractivity contribution in [3.63, 3.8) is 0 Å². The molecule has 0 bridgehead atoms. The fourth-order valence-electron chi connectivity index (χ4n) is 3.61. The minimum Gasteiger partial charge on any atom is -0.352 e. The van der Waals surface area contributed by atoms with Gasteiger partial charge in [-0.25, -0.2) is 8.42 Å². The molecule has 0 spiro atoms. The molecule has 9 heteroatoms. The van der Waals surface area contributed by atoms with Gasteiger partial charge in [-0.3, -0.25) is 14.5 Å². The van der Waals surface area contributed by atoms with Crippen molar-refractivity contribution in [3.05, 3.63) is 65.2 Å². The van der Waals surface area contributed by atoms with Crippen LogP contribution < -0.4 is 10.6 Å². The maximum Gasteiger partial charge on any atom is 0.255 e. The van der Waals surface area contributed by atoms with Crippen LogP contribution in [-0.4, -0.2) is 68.4 Å². The molecule has 1 fully saturated rings. The van der Waals surface area contributed by atoms with Gasteiger partial charge in [-0.1, -0.05) is 31.2 Å². The maximum atomic E-state index is 12.9. The molecule has 0 unspecified atom stereocenters. The van der Waals surface area contributed by atoms with E-state index in [1.54, 1.807) is 30.3 Å². The van der Waals surface area contributed by atoms with Crippen LogP contribution in [0, 0.1) is 0 Å². The molecule has 2 aromatic carbocycles. The number of carbonyl (C=O) groups is 2. The Labute approximate surface area is 189 Å². The van der Waals surface area contributed by atoms with E-state index in [0.717, 1.165) is 12.0 Å². The maximum absolute atomic E-state index is 12.9. The second-order valence-electron chi connectivity index (χ2n) is 7.89. The molecule has 3 rings (SSSR count). The summed E-state index contributed by atoms with van der Waals surface area (Å²) in [5, 5.41) is 5.68. The quantitative estimate of drug-likeness (QED) is 0.632. The molecule has 0 radical (unpaired) electrons. The van der Waals surface area contributed by atoms with Crippen LogP contribution in [0.2, 0.25) is 0 Å². The second kappa shape index (κ2) is 10.7. The zero-order valence-corrected chi connectivity index (χ0v) is 19.3. The topological polar surface area (TPSA) is 98.8 Å². The number of rotatable bonds is 8. The SMILES string of the molecule is CCCNC(=O)c1ccccc1NC(=O)c1cccc(CN2CCN(S(C)(=O)=O)CC2)c1. The molecule has 1 aliphatic heterocycles. The number of hydrogen-bond donors (Lipinski definition) is 2. The monoisotopic (exact) mass is 458 g/mol. The lowest BCUT2D eigenvalue weighted by Crippen LogP contribution is -2.47. The standard InChI is InChI=1S/C23H30N4O4S/c1-3-11-24-23(29)20-9-4-5-10-21(20)25-22(28)19-8-6-7-18(16-19)17-26-12-14-27(15-13-26)32(2,30)31/h4-10,16H,3,11-15,17H2,1-2H3,(H,24,29)(H,25,28). The third-order valence-electron chi connectivity index (χ3n) is 5.35. The molecule has 0 atom stereocenters. The van der Waals surface area contributed by atoms with E-state index in [4.69, 9.17) is 0 Å². The van der Waals surface area contributed by atoms with Gasteiger partial charge in [-0.2, -0.15) is 4.31 Å². The van der Waals surface area contributed by atoms with E-state index in [9.17, 15) is 18.0 Å². The summed E-state index contributed by atoms with van der Waals surface area (Å²) in [6.07, 6.45) is 2.06. The number of hydrogen-bond acceptors (Lipinski definition) is 5. The first-order valence-corrected chi connectivity index (χ1v) is 12.6. The van der Waals surface area contributed by atoms with Crippen LogP contribution in [-0.2, 0) is 16.6 Å². The molecule has 0 aliphatic carbocycles. The summed E-state index contributed by atoms with van der Waals surface area (Å²) in [5.41, 5.74) is 2.36. The van der Waals surface area contributed by atoms with Crippen molar-refractivity contribution < 1.29 is 18.0 Å². The Morgan fingerprint density at radius 1 is 0.969 bits per heavy atom. The normalized spacial score (nSPS) is 15.3. The number of benzene rings is 2. The minimum absolute atomic E-state index is 0.218. The van der Waals surface area contributed by atoms with Gasteiger partial charge in [0.05, 0.1) is 17.5 Å². The van der Waals surface area contributed by atoms with Crippen LogP contribution in [0.25, 0.3) is 0 Å². The van der Waals surface area contributed by atoms with Crippen molar-refractivity contribution in [2.45, 2.75) is 19.9 Å². The number of para-hydroxylation sites is 1. The highest BCUT2D eigenvalue weighted by Gasteiger charge is 2.23. The zero-order chi connectivity index (χ0) is 23.1. The van der Waals surface area contributed by atoms with Crippen LogP contribution in [0.15, 0.2) is 48.5 Å². The summed E-state index contributed by atoms with van der Waals surface area (Å²) < 4.78 is 24.8. The number of carbonyl (C=O) groups excluding carboxylic acids is 2. The molecule has 0 saturated carbocycles. The van der Waals surface area contributed by atoms with Crippen molar-refractivity contribution in [2.75, 3.05) is 44.3 Å². The fourth-order valence-corrected chi connectivity index (χ4v) is 4.43. The Morgan fingerprint density at radius 2 is 1.69 bits per heavy atom. The van der Waals surface area contributed by atoms with Crippen molar-refractivity contribution in [1.82, 2.24) is 14.5 Å². The molecule has 2 aromatic rings. The van der Waals surface area contributed by atoms with E-state index in [1.807, 2.05) is 25.1 Å². The van der Waals surface area contributed by atoms with Gasteiger partial charge in [0, 0.05) is 44.8 Å². The Balaban J connectivity index is 1.65. The first kappa shape index (κ1) is 23.9. The summed E-state index contributed by atoms with van der Waals surface area (Å²) in [4.78, 5) is 27.4. The lowest BCUT2D eigenvalue weighted by molar-refractivity contribution is 0.0954.